The van der Waals surface area contributed by atoms with Crippen molar-refractivity contribution in [2.45, 2.75) is 19.8 Å². The van der Waals surface area contributed by atoms with Gasteiger partial charge in [0.1, 0.15) is 11.6 Å². The molecular formula is C12H12ClN3O3. The van der Waals surface area contributed by atoms with Crippen LogP contribution in [-0.2, 0) is 4.79 Å². The van der Waals surface area contributed by atoms with Crippen LogP contribution in [0.1, 0.15) is 19.8 Å². The van der Waals surface area contributed by atoms with Crippen LogP contribution in [0.5, 0.6) is 0 Å². The van der Waals surface area contributed by atoms with Crippen molar-refractivity contribution >= 4 is 28.9 Å². The first-order valence-electron chi connectivity index (χ1n) is 5.64. The van der Waals surface area contributed by atoms with Gasteiger partial charge in [0.15, 0.2) is 0 Å². The van der Waals surface area contributed by atoms with E-state index in [-0.39, 0.29) is 16.4 Å². The number of rotatable bonds is 5. The molecule has 1 atom stereocenters. The maximum absolute atomic E-state index is 11.8. The maximum Gasteiger partial charge on any atom is 0.294 e. The van der Waals surface area contributed by atoms with E-state index in [0.29, 0.717) is 12.8 Å². The first-order chi connectivity index (χ1) is 8.99. The van der Waals surface area contributed by atoms with Gasteiger partial charge in [0.25, 0.3) is 5.69 Å². The van der Waals surface area contributed by atoms with E-state index in [2.05, 4.69) is 5.32 Å². The summed E-state index contributed by atoms with van der Waals surface area (Å²) in [4.78, 5) is 22.0. The molecule has 1 aromatic carbocycles. The smallest absolute Gasteiger partial charge is 0.294 e. The summed E-state index contributed by atoms with van der Waals surface area (Å²) in [5, 5.41) is 22.3. The van der Waals surface area contributed by atoms with E-state index >= 15 is 0 Å². The molecule has 7 heteroatoms. The van der Waals surface area contributed by atoms with Crippen LogP contribution in [0, 0.1) is 27.4 Å². The number of nitro benzene ring substituents is 1. The van der Waals surface area contributed by atoms with Gasteiger partial charge in [-0.3, -0.25) is 14.9 Å². The summed E-state index contributed by atoms with van der Waals surface area (Å²) < 4.78 is 0. The minimum atomic E-state index is -0.819. The molecular weight excluding hydrogens is 270 g/mol. The van der Waals surface area contributed by atoms with Crippen LogP contribution in [0.25, 0.3) is 0 Å². The number of hydrogen-bond acceptors (Lipinski definition) is 4. The quantitative estimate of drug-likeness (QED) is 0.662. The molecule has 0 fully saturated rings. The van der Waals surface area contributed by atoms with Gasteiger partial charge in [-0.25, -0.2) is 0 Å². The third kappa shape index (κ3) is 3.93. The van der Waals surface area contributed by atoms with Crippen molar-refractivity contribution in [3.63, 3.8) is 0 Å². The maximum atomic E-state index is 11.8. The van der Waals surface area contributed by atoms with Crippen molar-refractivity contribution in [3.8, 4) is 6.07 Å². The molecule has 0 aliphatic carbocycles. The van der Waals surface area contributed by atoms with Crippen molar-refractivity contribution in [3.05, 3.63) is 33.3 Å². The second-order valence-electron chi connectivity index (χ2n) is 3.88. The molecule has 19 heavy (non-hydrogen) atoms. The van der Waals surface area contributed by atoms with Gasteiger partial charge in [-0.1, -0.05) is 24.9 Å². The number of benzene rings is 1. The van der Waals surface area contributed by atoms with E-state index in [9.17, 15) is 14.9 Å². The van der Waals surface area contributed by atoms with Crippen LogP contribution in [0.2, 0.25) is 5.02 Å². The van der Waals surface area contributed by atoms with Gasteiger partial charge in [-0.15, -0.1) is 0 Å². The highest BCUT2D eigenvalue weighted by Gasteiger charge is 2.21. The summed E-state index contributed by atoms with van der Waals surface area (Å²) in [6, 6.07) is 5.81. The zero-order chi connectivity index (χ0) is 14.4. The van der Waals surface area contributed by atoms with Crippen molar-refractivity contribution in [1.82, 2.24) is 0 Å². The molecule has 0 saturated carbocycles. The van der Waals surface area contributed by atoms with Crippen molar-refractivity contribution in [2.24, 2.45) is 5.92 Å². The number of halogens is 1. The van der Waals surface area contributed by atoms with Crippen molar-refractivity contribution in [1.29, 1.82) is 5.26 Å². The second kappa shape index (κ2) is 6.71. The topological polar surface area (TPSA) is 96.0 Å². The molecule has 6 nitrogen and oxygen atoms in total. The Hall–Kier alpha value is -2.13. The molecule has 0 radical (unpaired) electrons. The predicted octanol–water partition coefficient (Wildman–Crippen LogP) is 3.13. The molecule has 100 valence electrons. The Morgan fingerprint density at radius 3 is 2.84 bits per heavy atom. The molecule has 1 unspecified atom stereocenters. The molecule has 0 aliphatic heterocycles. The summed E-state index contributed by atoms with van der Waals surface area (Å²) in [6.45, 7) is 1.85. The number of nitrogens with one attached hydrogen (secondary N) is 1. The molecule has 0 aromatic heterocycles. The highest BCUT2D eigenvalue weighted by Crippen LogP contribution is 2.28. The third-order valence-electron chi connectivity index (χ3n) is 2.46. The fraction of sp³-hybridized carbons (Fsp3) is 0.333. The average molecular weight is 282 g/mol. The molecule has 1 N–H and O–H groups in total. The Morgan fingerprint density at radius 2 is 2.32 bits per heavy atom. The Bertz CT molecular complexity index is 540. The van der Waals surface area contributed by atoms with Crippen LogP contribution in [0.4, 0.5) is 11.4 Å². The van der Waals surface area contributed by atoms with Gasteiger partial charge < -0.3 is 5.32 Å². The minimum absolute atomic E-state index is 0.0377. The number of amides is 1. The Balaban J connectivity index is 2.97. The lowest BCUT2D eigenvalue weighted by Crippen LogP contribution is -2.22. The van der Waals surface area contributed by atoms with E-state index in [1.54, 1.807) is 0 Å². The molecule has 0 spiro atoms. The monoisotopic (exact) mass is 281 g/mol. The first-order valence-corrected chi connectivity index (χ1v) is 6.01. The fourth-order valence-corrected chi connectivity index (χ4v) is 1.69. The molecule has 0 bridgehead atoms. The van der Waals surface area contributed by atoms with Gasteiger partial charge in [0, 0.05) is 11.1 Å². The highest BCUT2D eigenvalue weighted by atomic mass is 35.5. The van der Waals surface area contributed by atoms with Crippen LogP contribution < -0.4 is 5.32 Å². The average Bonchev–Trinajstić information content (AvgIpc) is 2.37. The molecule has 0 aliphatic rings. The highest BCUT2D eigenvalue weighted by molar-refractivity contribution is 6.31. The van der Waals surface area contributed by atoms with Gasteiger partial charge in [0.05, 0.1) is 11.0 Å². The number of nitriles is 1. The summed E-state index contributed by atoms with van der Waals surface area (Å²) in [7, 11) is 0. The van der Waals surface area contributed by atoms with Gasteiger partial charge >= 0.3 is 0 Å². The van der Waals surface area contributed by atoms with E-state index in [4.69, 9.17) is 16.9 Å². The Morgan fingerprint density at radius 1 is 1.63 bits per heavy atom. The lowest BCUT2D eigenvalue weighted by atomic mass is 10.0. The Kier molecular flexibility index (Phi) is 5.27. The number of carbonyl (C=O) groups is 1. The van der Waals surface area contributed by atoms with E-state index < -0.39 is 16.7 Å². The largest absolute Gasteiger partial charge is 0.319 e. The molecule has 0 saturated heterocycles. The SMILES string of the molecule is CCCC(C#N)C(=O)Nc1ccc(Cl)cc1[N+](=O)[O-]. The number of nitro groups is 1. The number of hydrogen-bond donors (Lipinski definition) is 1. The minimum Gasteiger partial charge on any atom is -0.319 e. The fourth-order valence-electron chi connectivity index (χ4n) is 1.52. The molecule has 1 aromatic rings. The third-order valence-corrected chi connectivity index (χ3v) is 2.70. The van der Waals surface area contributed by atoms with E-state index in [1.165, 1.54) is 12.1 Å². The second-order valence-corrected chi connectivity index (χ2v) is 4.31. The van der Waals surface area contributed by atoms with E-state index in [1.807, 2.05) is 13.0 Å². The van der Waals surface area contributed by atoms with Gasteiger partial charge in [0.2, 0.25) is 5.91 Å². The lowest BCUT2D eigenvalue weighted by Gasteiger charge is -2.09. The summed E-state index contributed by atoms with van der Waals surface area (Å²) in [6.07, 6.45) is 1.08. The first kappa shape index (κ1) is 14.9. The van der Waals surface area contributed by atoms with Crippen molar-refractivity contribution in [2.75, 3.05) is 5.32 Å². The van der Waals surface area contributed by atoms with Crippen molar-refractivity contribution < 1.29 is 9.72 Å². The van der Waals surface area contributed by atoms with Crippen LogP contribution in [-0.4, -0.2) is 10.8 Å². The van der Waals surface area contributed by atoms with Gasteiger partial charge in [-0.05, 0) is 18.6 Å². The summed E-state index contributed by atoms with van der Waals surface area (Å²) >= 11 is 5.67. The van der Waals surface area contributed by atoms with Crippen LogP contribution in [0.15, 0.2) is 18.2 Å². The standard InChI is InChI=1S/C12H12ClN3O3/c1-2-3-8(7-14)12(17)15-10-5-4-9(13)6-11(10)16(18)19/h4-6,8H,2-3H2,1H3,(H,15,17). The zero-order valence-electron chi connectivity index (χ0n) is 10.2. The number of anilines is 1. The molecule has 1 amide bonds. The number of carbonyl (C=O) groups excluding carboxylic acids is 1. The summed E-state index contributed by atoms with van der Waals surface area (Å²) in [5.74, 6) is -1.37. The van der Waals surface area contributed by atoms with Crippen LogP contribution in [0.3, 0.4) is 0 Å². The lowest BCUT2D eigenvalue weighted by molar-refractivity contribution is -0.383. The summed E-state index contributed by atoms with van der Waals surface area (Å²) in [5.41, 5.74) is -0.259. The molecule has 0 heterocycles. The molecule has 1 rings (SSSR count). The normalized spacial score (nSPS) is 11.4. The van der Waals surface area contributed by atoms with Gasteiger partial charge in [-0.2, -0.15) is 5.26 Å². The van der Waals surface area contributed by atoms with Crippen LogP contribution >= 0.6 is 11.6 Å². The zero-order valence-corrected chi connectivity index (χ0v) is 11.0. The number of nitrogens with zero attached hydrogens (tertiary/aromatic N) is 2. The Labute approximate surface area is 115 Å². The predicted molar refractivity (Wildman–Crippen MR) is 70.7 cm³/mol. The van der Waals surface area contributed by atoms with E-state index in [0.717, 1.165) is 6.07 Å².